The summed E-state index contributed by atoms with van der Waals surface area (Å²) < 4.78 is 0.575. The molecule has 2 aromatic carbocycles. The molecular formula is C27H31Cl2SiZr. The van der Waals surface area contributed by atoms with E-state index in [0.29, 0.717) is 9.54 Å². The molecule has 0 saturated carbocycles. The Hall–Kier alpha value is -0.660. The fourth-order valence-electron chi connectivity index (χ4n) is 5.23. The van der Waals surface area contributed by atoms with Gasteiger partial charge in [0.05, 0.1) is 0 Å². The van der Waals surface area contributed by atoms with E-state index < -0.39 is 8.80 Å². The summed E-state index contributed by atoms with van der Waals surface area (Å²) in [5.41, 5.74) is 15.3. The first-order valence-electron chi connectivity index (χ1n) is 10.8. The van der Waals surface area contributed by atoms with Gasteiger partial charge in [-0.15, -0.1) is 0 Å². The van der Waals surface area contributed by atoms with Gasteiger partial charge in [0.15, 0.2) is 0 Å². The van der Waals surface area contributed by atoms with E-state index in [9.17, 15) is 0 Å². The van der Waals surface area contributed by atoms with Gasteiger partial charge in [-0.25, -0.2) is 0 Å². The summed E-state index contributed by atoms with van der Waals surface area (Å²) in [4.78, 5) is 0. The summed E-state index contributed by atoms with van der Waals surface area (Å²) in [5.74, 6) is 0.512. The maximum absolute atomic E-state index is 2.47. The number of halogens is 2. The molecule has 2 aliphatic carbocycles. The summed E-state index contributed by atoms with van der Waals surface area (Å²) in [7, 11) is -0.972. The molecule has 0 aliphatic heterocycles. The third-order valence-corrected chi connectivity index (χ3v) is 10.8. The summed E-state index contributed by atoms with van der Waals surface area (Å²) >= 11 is 1.60. The van der Waals surface area contributed by atoms with Crippen LogP contribution in [0.2, 0.25) is 13.1 Å². The molecule has 0 heterocycles. The minimum absolute atomic E-state index is 0. The Labute approximate surface area is 217 Å². The zero-order chi connectivity index (χ0) is 21.0. The number of benzene rings is 2. The van der Waals surface area contributed by atoms with E-state index in [4.69, 9.17) is 0 Å². The van der Waals surface area contributed by atoms with Crippen LogP contribution in [0.25, 0.3) is 16.7 Å². The Morgan fingerprint density at radius 1 is 0.774 bits per heavy atom. The Morgan fingerprint density at radius 2 is 1.39 bits per heavy atom. The minimum atomic E-state index is -0.972. The molecule has 31 heavy (non-hydrogen) atoms. The van der Waals surface area contributed by atoms with E-state index in [0.717, 1.165) is 0 Å². The molecule has 2 unspecified atom stereocenters. The molecule has 0 aromatic heterocycles. The Kier molecular flexibility index (Phi) is 8.65. The van der Waals surface area contributed by atoms with Gasteiger partial charge in [0.25, 0.3) is 0 Å². The van der Waals surface area contributed by atoms with Gasteiger partial charge < -0.3 is 24.8 Å². The standard InChI is InChI=1S/C27H31Si.2ClH.Zr/c1-16-15-22-13-14-23(28(6)7)26(21-11-9-8-10-12-21)27(22)24(16)25-19(4)17(2)18(3)20(25)5;;;/h8-15,19,28H,1-7H3;2*1H;/q;;;+2/p-2. The molecule has 0 amide bonds. The topological polar surface area (TPSA) is 0 Å². The summed E-state index contributed by atoms with van der Waals surface area (Å²) in [6.45, 7) is 16.7. The molecule has 2 atom stereocenters. The van der Waals surface area contributed by atoms with Crippen LogP contribution in [-0.2, 0) is 24.7 Å². The van der Waals surface area contributed by atoms with Crippen LogP contribution in [0.5, 0.6) is 0 Å². The summed E-state index contributed by atoms with van der Waals surface area (Å²) in [6, 6.07) is 16.1. The van der Waals surface area contributed by atoms with Gasteiger partial charge in [0.1, 0.15) is 0 Å². The number of hydrogen-bond donors (Lipinski definition) is 0. The fourth-order valence-corrected chi connectivity index (χ4v) is 7.55. The zero-order valence-electron chi connectivity index (χ0n) is 19.5. The van der Waals surface area contributed by atoms with E-state index >= 15 is 0 Å². The van der Waals surface area contributed by atoms with Crippen LogP contribution in [0.3, 0.4) is 0 Å². The minimum Gasteiger partial charge on any atom is -1.00 e. The van der Waals surface area contributed by atoms with Crippen LogP contribution in [0.4, 0.5) is 0 Å². The first-order valence-corrected chi connectivity index (χ1v) is 15.1. The van der Waals surface area contributed by atoms with Gasteiger partial charge in [0, 0.05) is 0 Å². The average Bonchev–Trinajstić information content (AvgIpc) is 3.07. The summed E-state index contributed by atoms with van der Waals surface area (Å²) in [6.07, 6.45) is 0. The smallest absolute Gasteiger partial charge is 1.00 e. The van der Waals surface area contributed by atoms with E-state index in [1.165, 1.54) is 22.3 Å². The van der Waals surface area contributed by atoms with Crippen LogP contribution < -0.4 is 30.0 Å². The number of rotatable bonds is 3. The van der Waals surface area contributed by atoms with Crippen molar-refractivity contribution < 1.29 is 49.5 Å². The maximum atomic E-state index is 2.47. The molecule has 0 fully saturated rings. The van der Waals surface area contributed by atoms with Crippen LogP contribution in [-0.4, -0.2) is 8.80 Å². The molecule has 0 N–H and O–H groups in total. The van der Waals surface area contributed by atoms with Crippen LogP contribution >= 0.6 is 0 Å². The zero-order valence-corrected chi connectivity index (χ0v) is 24.7. The summed E-state index contributed by atoms with van der Waals surface area (Å²) in [5, 5.41) is 1.61. The Morgan fingerprint density at radius 3 is 1.90 bits per heavy atom. The first-order chi connectivity index (χ1) is 13.8. The monoisotopic (exact) mass is 543 g/mol. The maximum Gasteiger partial charge on any atom is -1.00 e. The van der Waals surface area contributed by atoms with Gasteiger partial charge in [-0.05, 0) is 0 Å². The molecule has 4 rings (SSSR count). The third-order valence-electron chi connectivity index (χ3n) is 7.25. The third kappa shape index (κ3) is 4.19. The molecule has 2 aromatic rings. The van der Waals surface area contributed by atoms with Crippen molar-refractivity contribution in [2.75, 3.05) is 0 Å². The van der Waals surface area contributed by atoms with Crippen molar-refractivity contribution >= 4 is 19.6 Å². The van der Waals surface area contributed by atoms with E-state index in [1.807, 2.05) is 0 Å². The second-order valence-electron chi connectivity index (χ2n) is 9.07. The average molecular weight is 546 g/mol. The van der Waals surface area contributed by atoms with Crippen molar-refractivity contribution in [3.05, 3.63) is 81.5 Å². The van der Waals surface area contributed by atoms with Gasteiger partial charge in [-0.1, -0.05) is 0 Å². The van der Waals surface area contributed by atoms with E-state index in [-0.39, 0.29) is 24.8 Å². The quantitative estimate of drug-likeness (QED) is 0.500. The van der Waals surface area contributed by atoms with E-state index in [1.54, 1.807) is 63.3 Å². The van der Waals surface area contributed by atoms with Crippen molar-refractivity contribution in [1.82, 2.24) is 0 Å². The van der Waals surface area contributed by atoms with Crippen molar-refractivity contribution in [3.8, 4) is 11.1 Å². The van der Waals surface area contributed by atoms with Crippen LogP contribution in [0.1, 0.15) is 49.4 Å². The first kappa shape index (κ1) is 26.6. The van der Waals surface area contributed by atoms with Crippen LogP contribution in [0, 0.1) is 5.92 Å². The number of fused-ring (bicyclic) bond motifs is 1. The van der Waals surface area contributed by atoms with Gasteiger partial charge in [-0.2, -0.15) is 0 Å². The Balaban J connectivity index is 0.00000171. The second kappa shape index (κ2) is 10.1. The molecule has 0 nitrogen and oxygen atoms in total. The molecular weight excluding hydrogens is 515 g/mol. The van der Waals surface area contributed by atoms with Crippen molar-refractivity contribution in [1.29, 1.82) is 0 Å². The largest absolute Gasteiger partial charge is 1.00 e. The molecule has 0 radical (unpaired) electrons. The van der Waals surface area contributed by atoms with Gasteiger partial charge in [-0.3, -0.25) is 0 Å². The van der Waals surface area contributed by atoms with Gasteiger partial charge >= 0.3 is 194 Å². The fraction of sp³-hybridized carbons (Fsp3) is 0.333. The van der Waals surface area contributed by atoms with Crippen molar-refractivity contribution in [2.24, 2.45) is 5.92 Å². The molecule has 161 valence electrons. The molecule has 0 bridgehead atoms. The van der Waals surface area contributed by atoms with E-state index in [2.05, 4.69) is 90.2 Å². The molecule has 0 spiro atoms. The molecule has 0 saturated heterocycles. The number of allylic oxidation sites excluding steroid dienone is 6. The SMILES string of the molecule is CC1=C(C)C(C)C(C2=C(C)[CH]([Zr+2])c3ccc([SiH](C)C)c(-c4ccccc4)c32)=C1C.[Cl-].[Cl-]. The predicted molar refractivity (Wildman–Crippen MR) is 126 cm³/mol. The molecule has 2 aliphatic rings. The van der Waals surface area contributed by atoms with Crippen molar-refractivity contribution in [2.45, 2.75) is 51.3 Å². The molecule has 4 heteroatoms. The normalized spacial score (nSPS) is 20.3. The van der Waals surface area contributed by atoms with Crippen LogP contribution in [0.15, 0.2) is 70.3 Å². The van der Waals surface area contributed by atoms with Crippen molar-refractivity contribution in [3.63, 3.8) is 0 Å². The number of hydrogen-bond acceptors (Lipinski definition) is 0. The van der Waals surface area contributed by atoms with Gasteiger partial charge in [0.2, 0.25) is 0 Å². The Bertz CT molecular complexity index is 1090. The predicted octanol–water partition coefficient (Wildman–Crippen LogP) is 0.733. The second-order valence-corrected chi connectivity index (χ2v) is 13.4.